The molecule has 3 unspecified atom stereocenters. The lowest BCUT2D eigenvalue weighted by atomic mass is 9.89. The summed E-state index contributed by atoms with van der Waals surface area (Å²) in [5, 5.41) is 3.61. The van der Waals surface area contributed by atoms with Crippen molar-refractivity contribution >= 4 is 11.6 Å². The van der Waals surface area contributed by atoms with Crippen molar-refractivity contribution < 1.29 is 4.79 Å². The van der Waals surface area contributed by atoms with Crippen LogP contribution in [0.2, 0.25) is 0 Å². The van der Waals surface area contributed by atoms with Crippen molar-refractivity contribution in [3.05, 3.63) is 29.8 Å². The predicted octanol–water partition coefficient (Wildman–Crippen LogP) is 2.53. The number of carbonyl (C=O) groups excluding carboxylic acids is 1. The Balaban J connectivity index is 2.18. The molecule has 1 fully saturated rings. The Labute approximate surface area is 128 Å². The van der Waals surface area contributed by atoms with Crippen LogP contribution in [0.5, 0.6) is 0 Å². The number of amides is 1. The van der Waals surface area contributed by atoms with Gasteiger partial charge >= 0.3 is 0 Å². The largest absolute Gasteiger partial charge is 0.381 e. The quantitative estimate of drug-likeness (QED) is 0.929. The van der Waals surface area contributed by atoms with Crippen LogP contribution in [0.3, 0.4) is 0 Å². The number of likely N-dealkylation sites (tertiary alicyclic amines) is 1. The number of hydrogen-bond acceptors (Lipinski definition) is 3. The standard InChI is InChI=1S/C17H27N3O/c1-12-11-20(5)13(2)10-16(12)18-15-9-7-6-8-14(15)17(21)19(3)4/h6-9,12-13,16,18H,10-11H2,1-5H3. The topological polar surface area (TPSA) is 35.6 Å². The summed E-state index contributed by atoms with van der Waals surface area (Å²) in [5.74, 6) is 0.612. The number of anilines is 1. The molecule has 21 heavy (non-hydrogen) atoms. The second-order valence-electron chi connectivity index (χ2n) is 6.50. The van der Waals surface area contributed by atoms with E-state index in [4.69, 9.17) is 0 Å². The van der Waals surface area contributed by atoms with Gasteiger partial charge in [0.25, 0.3) is 5.91 Å². The maximum absolute atomic E-state index is 12.3. The molecule has 0 aliphatic carbocycles. The van der Waals surface area contributed by atoms with Crippen LogP contribution in [0.1, 0.15) is 30.6 Å². The Morgan fingerprint density at radius 1 is 1.29 bits per heavy atom. The molecule has 4 heteroatoms. The van der Waals surface area contributed by atoms with Crippen molar-refractivity contribution in [1.29, 1.82) is 0 Å². The minimum absolute atomic E-state index is 0.0479. The van der Waals surface area contributed by atoms with Crippen LogP contribution in [0.25, 0.3) is 0 Å². The Bertz CT molecular complexity index is 501. The molecule has 1 N–H and O–H groups in total. The van der Waals surface area contributed by atoms with E-state index in [1.165, 1.54) is 0 Å². The van der Waals surface area contributed by atoms with E-state index >= 15 is 0 Å². The van der Waals surface area contributed by atoms with Crippen LogP contribution >= 0.6 is 0 Å². The molecule has 116 valence electrons. The maximum atomic E-state index is 12.3. The molecule has 1 saturated heterocycles. The zero-order valence-corrected chi connectivity index (χ0v) is 13.8. The Morgan fingerprint density at radius 3 is 2.62 bits per heavy atom. The van der Waals surface area contributed by atoms with E-state index < -0.39 is 0 Å². The summed E-state index contributed by atoms with van der Waals surface area (Å²) < 4.78 is 0. The van der Waals surface area contributed by atoms with Gasteiger partial charge in [-0.05, 0) is 38.4 Å². The highest BCUT2D eigenvalue weighted by Crippen LogP contribution is 2.26. The SMILES string of the molecule is CC1CN(C)C(C)CC1Nc1ccccc1C(=O)N(C)C. The minimum Gasteiger partial charge on any atom is -0.381 e. The molecule has 1 aromatic rings. The summed E-state index contributed by atoms with van der Waals surface area (Å²) >= 11 is 0. The van der Waals surface area contributed by atoms with Crippen LogP contribution < -0.4 is 5.32 Å². The van der Waals surface area contributed by atoms with Gasteiger partial charge in [0.15, 0.2) is 0 Å². The molecule has 0 saturated carbocycles. The van der Waals surface area contributed by atoms with Crippen molar-refractivity contribution in [1.82, 2.24) is 9.80 Å². The van der Waals surface area contributed by atoms with Gasteiger partial charge in [-0.3, -0.25) is 4.79 Å². The van der Waals surface area contributed by atoms with Crippen LogP contribution in [0, 0.1) is 5.92 Å². The molecule has 3 atom stereocenters. The van der Waals surface area contributed by atoms with Gasteiger partial charge in [0, 0.05) is 38.4 Å². The van der Waals surface area contributed by atoms with Crippen LogP contribution in [0.4, 0.5) is 5.69 Å². The van der Waals surface area contributed by atoms with Gasteiger partial charge in [-0.2, -0.15) is 0 Å². The van der Waals surface area contributed by atoms with Gasteiger partial charge in [0.2, 0.25) is 0 Å². The van der Waals surface area contributed by atoms with E-state index in [0.717, 1.165) is 24.2 Å². The maximum Gasteiger partial charge on any atom is 0.255 e. The number of carbonyl (C=O) groups is 1. The number of para-hydroxylation sites is 1. The molecule has 1 amide bonds. The summed E-state index contributed by atoms with van der Waals surface area (Å²) in [5.41, 5.74) is 1.70. The molecule has 1 aliphatic heterocycles. The molecular weight excluding hydrogens is 262 g/mol. The second kappa shape index (κ2) is 6.48. The highest BCUT2D eigenvalue weighted by molar-refractivity contribution is 5.99. The summed E-state index contributed by atoms with van der Waals surface area (Å²) in [6, 6.07) is 8.78. The van der Waals surface area contributed by atoms with Gasteiger partial charge < -0.3 is 15.1 Å². The third-order valence-corrected chi connectivity index (χ3v) is 4.51. The van der Waals surface area contributed by atoms with Crippen molar-refractivity contribution in [3.63, 3.8) is 0 Å². The lowest BCUT2D eigenvalue weighted by Gasteiger charge is -2.40. The van der Waals surface area contributed by atoms with E-state index in [2.05, 4.69) is 31.1 Å². The first kappa shape index (κ1) is 15.8. The number of benzene rings is 1. The first-order chi connectivity index (χ1) is 9.90. The van der Waals surface area contributed by atoms with Gasteiger partial charge in [0.1, 0.15) is 0 Å². The zero-order valence-electron chi connectivity index (χ0n) is 13.8. The second-order valence-corrected chi connectivity index (χ2v) is 6.50. The smallest absolute Gasteiger partial charge is 0.255 e. The van der Waals surface area contributed by atoms with Gasteiger partial charge in [-0.15, -0.1) is 0 Å². The van der Waals surface area contributed by atoms with Crippen molar-refractivity contribution in [2.75, 3.05) is 33.0 Å². The van der Waals surface area contributed by atoms with Gasteiger partial charge in [-0.1, -0.05) is 19.1 Å². The highest BCUT2D eigenvalue weighted by atomic mass is 16.2. The molecular formula is C17H27N3O. The van der Waals surface area contributed by atoms with E-state index in [-0.39, 0.29) is 5.91 Å². The Morgan fingerprint density at radius 2 is 1.95 bits per heavy atom. The molecule has 0 spiro atoms. The van der Waals surface area contributed by atoms with E-state index in [0.29, 0.717) is 18.0 Å². The molecule has 1 aromatic carbocycles. The number of piperidine rings is 1. The monoisotopic (exact) mass is 289 g/mol. The van der Waals surface area contributed by atoms with Crippen molar-refractivity contribution in [3.8, 4) is 0 Å². The van der Waals surface area contributed by atoms with Crippen LogP contribution in [-0.2, 0) is 0 Å². The average Bonchev–Trinajstić information content (AvgIpc) is 2.44. The fourth-order valence-electron chi connectivity index (χ4n) is 2.98. The van der Waals surface area contributed by atoms with Gasteiger partial charge in [0.05, 0.1) is 5.56 Å². The van der Waals surface area contributed by atoms with E-state index in [1.807, 2.05) is 24.3 Å². The molecule has 0 bridgehead atoms. The normalized spacial score (nSPS) is 26.4. The summed E-state index contributed by atoms with van der Waals surface area (Å²) in [4.78, 5) is 16.3. The van der Waals surface area contributed by atoms with Crippen LogP contribution in [-0.4, -0.2) is 55.5 Å². The minimum atomic E-state index is 0.0479. The molecule has 1 heterocycles. The molecule has 2 rings (SSSR count). The van der Waals surface area contributed by atoms with Crippen molar-refractivity contribution in [2.45, 2.75) is 32.4 Å². The zero-order chi connectivity index (χ0) is 15.6. The van der Waals surface area contributed by atoms with Crippen molar-refractivity contribution in [2.24, 2.45) is 5.92 Å². The number of rotatable bonds is 3. The molecule has 0 aromatic heterocycles. The molecule has 0 radical (unpaired) electrons. The molecule has 4 nitrogen and oxygen atoms in total. The average molecular weight is 289 g/mol. The fraction of sp³-hybridized carbons (Fsp3) is 0.588. The number of hydrogen-bond donors (Lipinski definition) is 1. The summed E-state index contributed by atoms with van der Waals surface area (Å²) in [6.45, 7) is 5.62. The Kier molecular flexibility index (Phi) is 4.88. The number of nitrogens with zero attached hydrogens (tertiary/aromatic N) is 2. The summed E-state index contributed by atoms with van der Waals surface area (Å²) in [7, 11) is 5.76. The lowest BCUT2D eigenvalue weighted by Crippen LogP contribution is -2.48. The lowest BCUT2D eigenvalue weighted by molar-refractivity contribution is 0.0828. The summed E-state index contributed by atoms with van der Waals surface area (Å²) in [6.07, 6.45) is 1.10. The van der Waals surface area contributed by atoms with Gasteiger partial charge in [-0.25, -0.2) is 0 Å². The van der Waals surface area contributed by atoms with Crippen LogP contribution in [0.15, 0.2) is 24.3 Å². The predicted molar refractivity (Wildman–Crippen MR) is 87.7 cm³/mol. The van der Waals surface area contributed by atoms with E-state index in [1.54, 1.807) is 19.0 Å². The third-order valence-electron chi connectivity index (χ3n) is 4.51. The first-order valence-corrected chi connectivity index (χ1v) is 7.67. The Hall–Kier alpha value is -1.55. The highest BCUT2D eigenvalue weighted by Gasteiger charge is 2.29. The van der Waals surface area contributed by atoms with E-state index in [9.17, 15) is 4.79 Å². The number of nitrogens with one attached hydrogen (secondary N) is 1. The molecule has 1 aliphatic rings. The third kappa shape index (κ3) is 3.56. The fourth-order valence-corrected chi connectivity index (χ4v) is 2.98. The first-order valence-electron chi connectivity index (χ1n) is 7.67.